The number of alkyl halides is 1. The van der Waals surface area contributed by atoms with Crippen molar-refractivity contribution in [2.75, 3.05) is 19.8 Å². The van der Waals surface area contributed by atoms with E-state index in [-0.39, 0.29) is 24.2 Å². The van der Waals surface area contributed by atoms with Crippen molar-refractivity contribution in [3.8, 4) is 0 Å². The molecule has 3 rings (SSSR count). The van der Waals surface area contributed by atoms with Crippen molar-refractivity contribution in [1.29, 1.82) is 0 Å². The van der Waals surface area contributed by atoms with E-state index < -0.39 is 5.67 Å². The van der Waals surface area contributed by atoms with Gasteiger partial charge in [0, 0.05) is 6.54 Å². The Morgan fingerprint density at radius 2 is 2.30 bits per heavy atom. The van der Waals surface area contributed by atoms with Gasteiger partial charge in [-0.2, -0.15) is 0 Å². The zero-order chi connectivity index (χ0) is 14.2. The van der Waals surface area contributed by atoms with Crippen LogP contribution in [0.1, 0.15) is 32.1 Å². The Bertz CT molecular complexity index is 397. The summed E-state index contributed by atoms with van der Waals surface area (Å²) in [5, 5.41) is 0. The van der Waals surface area contributed by atoms with Crippen LogP contribution in [0, 0.1) is 0 Å². The van der Waals surface area contributed by atoms with Gasteiger partial charge in [-0.3, -0.25) is 4.79 Å². The highest BCUT2D eigenvalue weighted by atomic mass is 19.1. The first-order valence-corrected chi connectivity index (χ1v) is 7.50. The van der Waals surface area contributed by atoms with E-state index in [2.05, 4.69) is 6.58 Å². The molecule has 2 aliphatic carbocycles. The van der Waals surface area contributed by atoms with Crippen LogP contribution in [0.15, 0.2) is 12.7 Å². The van der Waals surface area contributed by atoms with Crippen molar-refractivity contribution in [2.24, 2.45) is 0 Å². The fourth-order valence-electron chi connectivity index (χ4n) is 3.50. The first-order valence-electron chi connectivity index (χ1n) is 7.50. The second-order valence-corrected chi connectivity index (χ2v) is 5.96. The summed E-state index contributed by atoms with van der Waals surface area (Å²) in [5.41, 5.74) is -1.61. The van der Waals surface area contributed by atoms with Gasteiger partial charge in [-0.15, -0.1) is 6.58 Å². The summed E-state index contributed by atoms with van der Waals surface area (Å²) in [7, 11) is 0. The number of halogens is 1. The average molecular weight is 283 g/mol. The van der Waals surface area contributed by atoms with Gasteiger partial charge in [-0.05, 0) is 32.1 Å². The Morgan fingerprint density at radius 3 is 2.95 bits per heavy atom. The number of morpholine rings is 1. The minimum Gasteiger partial charge on any atom is -0.372 e. The van der Waals surface area contributed by atoms with Crippen LogP contribution in [0.5, 0.6) is 0 Å². The van der Waals surface area contributed by atoms with Gasteiger partial charge in [0.05, 0.1) is 25.4 Å². The Morgan fingerprint density at radius 1 is 1.50 bits per heavy atom. The van der Waals surface area contributed by atoms with Crippen LogP contribution in [-0.2, 0) is 14.3 Å². The summed E-state index contributed by atoms with van der Waals surface area (Å²) in [6.07, 6.45) is 4.83. The monoisotopic (exact) mass is 283 g/mol. The lowest BCUT2D eigenvalue weighted by Gasteiger charge is -2.44. The molecule has 0 aromatic rings. The number of rotatable bonds is 4. The zero-order valence-electron chi connectivity index (χ0n) is 11.7. The summed E-state index contributed by atoms with van der Waals surface area (Å²) < 4.78 is 25.8. The largest absolute Gasteiger partial charge is 0.372 e. The molecule has 3 atom stereocenters. The quantitative estimate of drug-likeness (QED) is 0.739. The van der Waals surface area contributed by atoms with E-state index in [4.69, 9.17) is 9.47 Å². The smallest absolute Gasteiger partial charge is 0.260 e. The van der Waals surface area contributed by atoms with Crippen molar-refractivity contribution in [1.82, 2.24) is 4.90 Å². The van der Waals surface area contributed by atoms with Gasteiger partial charge in [0.2, 0.25) is 0 Å². The van der Waals surface area contributed by atoms with Crippen LogP contribution in [0.4, 0.5) is 4.39 Å². The highest BCUT2D eigenvalue weighted by Gasteiger charge is 2.52. The molecule has 3 fully saturated rings. The van der Waals surface area contributed by atoms with Gasteiger partial charge in [0.15, 0.2) is 5.67 Å². The molecular weight excluding hydrogens is 261 g/mol. The Kier molecular flexibility index (Phi) is 3.82. The first kappa shape index (κ1) is 14.0. The number of hydrogen-bond acceptors (Lipinski definition) is 3. The normalized spacial score (nSPS) is 35.2. The summed E-state index contributed by atoms with van der Waals surface area (Å²) in [4.78, 5) is 14.1. The molecule has 20 heavy (non-hydrogen) atoms. The second-order valence-electron chi connectivity index (χ2n) is 5.96. The maximum absolute atomic E-state index is 14.4. The predicted molar refractivity (Wildman–Crippen MR) is 72.1 cm³/mol. The molecule has 0 aromatic carbocycles. The molecule has 0 N–H and O–H groups in total. The maximum Gasteiger partial charge on any atom is 0.260 e. The average Bonchev–Trinajstić information content (AvgIpc) is 2.84. The van der Waals surface area contributed by atoms with Crippen molar-refractivity contribution < 1.29 is 18.7 Å². The van der Waals surface area contributed by atoms with Crippen molar-refractivity contribution in [3.63, 3.8) is 0 Å². The topological polar surface area (TPSA) is 38.8 Å². The highest BCUT2D eigenvalue weighted by Crippen LogP contribution is 2.40. The van der Waals surface area contributed by atoms with Gasteiger partial charge in [0.25, 0.3) is 5.91 Å². The van der Waals surface area contributed by atoms with Crippen molar-refractivity contribution in [3.05, 3.63) is 12.7 Å². The first-order chi connectivity index (χ1) is 9.65. The zero-order valence-corrected chi connectivity index (χ0v) is 11.7. The van der Waals surface area contributed by atoms with Crippen LogP contribution < -0.4 is 0 Å². The molecule has 1 saturated heterocycles. The number of carbonyl (C=O) groups excluding carboxylic acids is 1. The summed E-state index contributed by atoms with van der Waals surface area (Å²) in [6.45, 7) is 5.09. The summed E-state index contributed by atoms with van der Waals surface area (Å²) in [6, 6.07) is -0.0284. The van der Waals surface area contributed by atoms with Crippen molar-refractivity contribution >= 4 is 5.91 Å². The van der Waals surface area contributed by atoms with Crippen LogP contribution in [0.3, 0.4) is 0 Å². The Labute approximate surface area is 118 Å². The summed E-state index contributed by atoms with van der Waals surface area (Å²) >= 11 is 0. The van der Waals surface area contributed by atoms with Gasteiger partial charge in [-0.25, -0.2) is 4.39 Å². The van der Waals surface area contributed by atoms with E-state index in [9.17, 15) is 9.18 Å². The molecule has 1 amide bonds. The third kappa shape index (κ3) is 2.27. The van der Waals surface area contributed by atoms with Gasteiger partial charge < -0.3 is 14.4 Å². The van der Waals surface area contributed by atoms with Gasteiger partial charge in [0.1, 0.15) is 6.10 Å². The molecule has 0 unspecified atom stereocenters. The number of amides is 1. The number of hydrogen-bond donors (Lipinski definition) is 0. The number of ether oxygens (including phenoxy) is 2. The minimum atomic E-state index is -1.61. The van der Waals surface area contributed by atoms with Crippen LogP contribution in [0.2, 0.25) is 0 Å². The molecule has 0 spiro atoms. The van der Waals surface area contributed by atoms with E-state index >= 15 is 0 Å². The second kappa shape index (κ2) is 5.45. The fourth-order valence-corrected chi connectivity index (χ4v) is 3.50. The lowest BCUT2D eigenvalue weighted by molar-refractivity contribution is -0.167. The van der Waals surface area contributed by atoms with Crippen LogP contribution in [0.25, 0.3) is 0 Å². The molecule has 0 bridgehead atoms. The predicted octanol–water partition coefficient (Wildman–Crippen LogP) is 1.84. The van der Waals surface area contributed by atoms with E-state index in [1.54, 1.807) is 11.0 Å². The minimum absolute atomic E-state index is 0.00875. The standard InChI is InChI=1S/C15H22FNO3/c1-2-9-19-12-5-4-11-13(12)20-10-8-17(11)14(18)15(16)6-3-7-15/h2,11-13H,1,3-10H2/t11-,12+,13+/m0/s1. The third-order valence-corrected chi connectivity index (χ3v) is 4.75. The molecule has 0 aromatic heterocycles. The van der Waals surface area contributed by atoms with E-state index in [0.29, 0.717) is 32.6 Å². The lowest BCUT2D eigenvalue weighted by Crippen LogP contribution is -2.60. The third-order valence-electron chi connectivity index (χ3n) is 4.75. The molecule has 2 saturated carbocycles. The summed E-state index contributed by atoms with van der Waals surface area (Å²) in [5.74, 6) is -0.327. The van der Waals surface area contributed by atoms with E-state index in [0.717, 1.165) is 19.3 Å². The number of carbonyl (C=O) groups is 1. The highest BCUT2D eigenvalue weighted by molar-refractivity contribution is 5.86. The van der Waals surface area contributed by atoms with Gasteiger partial charge >= 0.3 is 0 Å². The SMILES string of the molecule is C=CCO[C@@H]1CC[C@H]2[C@H]1OCCN2C(=O)C1(F)CCC1. The molecule has 4 nitrogen and oxygen atoms in total. The van der Waals surface area contributed by atoms with Crippen LogP contribution >= 0.6 is 0 Å². The van der Waals surface area contributed by atoms with E-state index in [1.807, 2.05) is 0 Å². The van der Waals surface area contributed by atoms with Crippen molar-refractivity contribution in [2.45, 2.75) is 56.0 Å². The number of fused-ring (bicyclic) bond motifs is 1. The van der Waals surface area contributed by atoms with E-state index in [1.165, 1.54) is 0 Å². The molecule has 1 aliphatic heterocycles. The maximum atomic E-state index is 14.4. The lowest BCUT2D eigenvalue weighted by atomic mass is 9.80. The van der Waals surface area contributed by atoms with Gasteiger partial charge in [-0.1, -0.05) is 6.08 Å². The Hall–Kier alpha value is -0.940. The molecule has 112 valence electrons. The molecule has 5 heteroatoms. The molecular formula is C15H22FNO3. The fraction of sp³-hybridized carbons (Fsp3) is 0.800. The Balaban J connectivity index is 1.68. The molecule has 0 radical (unpaired) electrons. The molecule has 1 heterocycles. The van der Waals surface area contributed by atoms with Crippen LogP contribution in [-0.4, -0.2) is 54.5 Å². The molecule has 3 aliphatic rings. The number of nitrogens with zero attached hydrogens (tertiary/aromatic N) is 1.